The molecule has 0 saturated heterocycles. The van der Waals surface area contributed by atoms with Gasteiger partial charge >= 0.3 is 6.09 Å². The zero-order valence-electron chi connectivity index (χ0n) is 24.3. The number of hydrogen-bond donors (Lipinski definition) is 3. The van der Waals surface area contributed by atoms with Crippen LogP contribution in [0.2, 0.25) is 0 Å². The van der Waals surface area contributed by atoms with Gasteiger partial charge < -0.3 is 20.2 Å². The van der Waals surface area contributed by atoms with E-state index in [4.69, 9.17) is 21.9 Å². The number of amides is 2. The molecule has 20 heteroatoms. The Labute approximate surface area is 272 Å². The molecule has 1 aromatic heterocycles. The van der Waals surface area contributed by atoms with Crippen LogP contribution in [0.3, 0.4) is 0 Å². The summed E-state index contributed by atoms with van der Waals surface area (Å²) in [5.74, 6) is 26.5. The van der Waals surface area contributed by atoms with Crippen LogP contribution in [0.1, 0.15) is 41.1 Å². The Morgan fingerprint density at radius 3 is 2.35 bits per heavy atom. The van der Waals surface area contributed by atoms with Crippen LogP contribution >= 0.6 is 0 Å². The van der Waals surface area contributed by atoms with Gasteiger partial charge in [-0.05, 0) is 91.3 Å². The van der Waals surface area contributed by atoms with Crippen LogP contribution in [-0.2, 0) is 41.4 Å². The van der Waals surface area contributed by atoms with Crippen LogP contribution in [0.25, 0.3) is 0 Å². The van der Waals surface area contributed by atoms with E-state index in [0.29, 0.717) is 5.56 Å². The molecule has 0 aromatic carbocycles. The number of carbonyl (C=O) groups is 2. The number of alkyl carbamates (subject to hydrolysis) is 1. The lowest BCUT2D eigenvalue weighted by Gasteiger charge is -2.07. The molecule has 0 aliphatic heterocycles. The Balaban J connectivity index is -0.0000000802. The predicted octanol–water partition coefficient (Wildman–Crippen LogP) is 2.06. The van der Waals surface area contributed by atoms with Gasteiger partial charge in [-0.1, -0.05) is 5.92 Å². The highest BCUT2D eigenvalue weighted by Gasteiger charge is 2.12. The van der Waals surface area contributed by atoms with Gasteiger partial charge in [-0.3, -0.25) is 4.79 Å². The molecule has 0 bridgehead atoms. The Morgan fingerprint density at radius 2 is 1.78 bits per heavy atom. The van der Waals surface area contributed by atoms with E-state index in [1.807, 2.05) is 13.8 Å². The summed E-state index contributed by atoms with van der Waals surface area (Å²) in [5.41, 5.74) is 6.34. The third-order valence-electron chi connectivity index (χ3n) is 3.39. The van der Waals surface area contributed by atoms with Crippen molar-refractivity contribution in [1.82, 2.24) is 10.6 Å². The summed E-state index contributed by atoms with van der Waals surface area (Å²) in [6.07, 6.45) is 7.43. The highest BCUT2D eigenvalue weighted by molar-refractivity contribution is 5.93. The van der Waals surface area contributed by atoms with E-state index in [1.54, 1.807) is 25.3 Å². The molecule has 20 nitrogen and oxygen atoms in total. The minimum atomic E-state index is -0.928. The van der Waals surface area contributed by atoms with Gasteiger partial charge in [0, 0.05) is 49.0 Å². The van der Waals surface area contributed by atoms with E-state index < -0.39 is 17.1 Å². The topological polar surface area (TPSA) is 254 Å². The van der Waals surface area contributed by atoms with Gasteiger partial charge in [-0.15, -0.1) is 16.5 Å². The van der Waals surface area contributed by atoms with Crippen LogP contribution in [0.5, 0.6) is 0 Å². The van der Waals surface area contributed by atoms with Crippen molar-refractivity contribution in [2.24, 2.45) is 15.7 Å². The summed E-state index contributed by atoms with van der Waals surface area (Å²) in [4.78, 5) is 40.9. The molecular formula is C26H40N8O12+2. The minimum Gasteiger partial charge on any atom is -0.388 e. The van der Waals surface area contributed by atoms with Crippen molar-refractivity contribution in [2.45, 2.75) is 33.5 Å². The first-order chi connectivity index (χ1) is 22.2. The molecular weight excluding hydrogens is 616 g/mol. The molecule has 2 amide bonds. The zero-order chi connectivity index (χ0) is 34.7. The van der Waals surface area contributed by atoms with E-state index in [2.05, 4.69) is 121 Å². The number of hydrogen-bond acceptors (Lipinski definition) is 13. The molecule has 0 spiro atoms. The Bertz CT molecular complexity index is 1530. The van der Waals surface area contributed by atoms with Crippen molar-refractivity contribution in [2.75, 3.05) is 13.2 Å². The number of aromatic nitrogens is 1. The maximum atomic E-state index is 11.9. The molecule has 1 heterocycles. The summed E-state index contributed by atoms with van der Waals surface area (Å²) in [7, 11) is 0. The number of nitrogens with zero attached hydrogens (tertiary/aromatic N) is 5. The molecule has 46 heavy (non-hydrogen) atoms. The maximum absolute atomic E-state index is 11.9. The van der Waals surface area contributed by atoms with Crippen molar-refractivity contribution < 1.29 is 69.2 Å². The van der Waals surface area contributed by atoms with E-state index >= 15 is 0 Å². The van der Waals surface area contributed by atoms with Crippen LogP contribution in [-0.4, -0.2) is 41.5 Å². The van der Waals surface area contributed by atoms with Crippen molar-refractivity contribution in [1.29, 1.82) is 5.53 Å². The number of carbonyl (C=O) groups excluding carboxylic acids is 2. The van der Waals surface area contributed by atoms with Crippen molar-refractivity contribution in [3.63, 3.8) is 0 Å². The fraction of sp³-hybridized carbons (Fsp3) is 0.269. The Hall–Kier alpha value is -6.75. The number of rotatable bonds is 14. The largest absolute Gasteiger partial charge is 0.412 e. The van der Waals surface area contributed by atoms with E-state index in [0.717, 1.165) is 0 Å². The summed E-state index contributed by atoms with van der Waals surface area (Å²) in [6.45, 7) is 5.04. The normalized spacial score (nSPS) is 8.26. The average molecular weight is 657 g/mol. The van der Waals surface area contributed by atoms with Crippen molar-refractivity contribution >= 4 is 12.0 Å². The Kier molecular flexibility index (Phi) is 28.1. The molecule has 0 saturated carbocycles. The first-order valence-corrected chi connectivity index (χ1v) is 11.8. The third-order valence-corrected chi connectivity index (χ3v) is 3.39. The lowest BCUT2D eigenvalue weighted by Crippen LogP contribution is -2.40. The third kappa shape index (κ3) is 30.2. The SMILES string of the molecule is C#CC#CC#CC#CC#CC#CC.CC(C)NC(=O)OC[n+]1cccc(C(=O)NCCO[N+](=O)[O-])c1.N=N/N=N/OOOOO[OH2+].[HH].[HH].[HH].[HH].[HH].[HH].[HH]. The lowest BCUT2D eigenvalue weighted by atomic mass is 10.2. The average Bonchev–Trinajstić information content (AvgIpc) is 3.03. The predicted molar refractivity (Wildman–Crippen MR) is 164 cm³/mol. The van der Waals surface area contributed by atoms with Crippen LogP contribution in [0.4, 0.5) is 4.79 Å². The van der Waals surface area contributed by atoms with Gasteiger partial charge in [-0.2, -0.15) is 15.1 Å². The van der Waals surface area contributed by atoms with Crippen LogP contribution in [0, 0.1) is 87.2 Å². The van der Waals surface area contributed by atoms with Gasteiger partial charge in [0.2, 0.25) is 0 Å². The Morgan fingerprint density at radius 1 is 1.13 bits per heavy atom. The zero-order valence-corrected chi connectivity index (χ0v) is 24.3. The molecule has 0 aliphatic rings. The smallest absolute Gasteiger partial charge is 0.388 e. The number of nitrogens with one attached hydrogen (secondary N) is 3. The lowest BCUT2D eigenvalue weighted by molar-refractivity contribution is -0.757. The number of ether oxygens (including phenoxy) is 1. The second kappa shape index (κ2) is 31.2. The maximum Gasteiger partial charge on any atom is 0.412 e. The first-order valence-electron chi connectivity index (χ1n) is 11.8. The fourth-order valence-corrected chi connectivity index (χ4v) is 1.94. The van der Waals surface area contributed by atoms with E-state index in [9.17, 15) is 19.7 Å². The minimum absolute atomic E-state index is 0. The quantitative estimate of drug-likeness (QED) is 0.0382. The molecule has 0 atom stereocenters. The molecule has 5 N–H and O–H groups in total. The fourth-order valence-electron chi connectivity index (χ4n) is 1.94. The standard InChI is InChI=1S/C13H18N4O6.C13H4.H2N4O6.7H2/c1-10(2)15-13(19)22-9-16-6-3-4-11(8-16)12(18)14-5-7-23-17(20)21;1-3-5-7-9-11-13-12-10-8-6-4-2;1-2-3-4-6-8-10-9-7-5;;;;;;;/h3-4,6,8,10H,5,7,9H2,1-2H3,(H-,14,15,18,19);1H,2H3;1,5H;7*1H/p+2/b;;2-1?,4-3+;;;;;;;. The molecule has 1 aromatic rings. The van der Waals surface area contributed by atoms with Gasteiger partial charge in [-0.25, -0.2) is 10.1 Å². The van der Waals surface area contributed by atoms with Gasteiger partial charge in [0.15, 0.2) is 12.4 Å². The molecule has 0 fully saturated rings. The summed E-state index contributed by atoms with van der Waals surface area (Å²) >= 11 is 0. The summed E-state index contributed by atoms with van der Waals surface area (Å²) in [5, 5.41) is 41.0. The van der Waals surface area contributed by atoms with Crippen molar-refractivity contribution in [3.8, 4) is 71.5 Å². The van der Waals surface area contributed by atoms with Gasteiger partial charge in [0.1, 0.15) is 17.2 Å². The van der Waals surface area contributed by atoms with Crippen molar-refractivity contribution in [3.05, 3.63) is 40.2 Å². The van der Waals surface area contributed by atoms with Crippen LogP contribution in [0.15, 0.2) is 40.3 Å². The van der Waals surface area contributed by atoms with E-state index in [1.165, 1.54) is 10.8 Å². The molecule has 1 rings (SSSR count). The second-order valence-electron chi connectivity index (χ2n) is 6.93. The highest BCUT2D eigenvalue weighted by atomic mass is 17.8. The molecule has 0 aliphatic carbocycles. The second-order valence-corrected chi connectivity index (χ2v) is 6.93. The molecule has 0 unspecified atom stereocenters. The molecule has 0 radical (unpaired) electrons. The number of pyridine rings is 1. The summed E-state index contributed by atoms with van der Waals surface area (Å²) < 4.78 is 6.50. The highest BCUT2D eigenvalue weighted by Crippen LogP contribution is 1.95. The summed E-state index contributed by atoms with van der Waals surface area (Å²) in [6, 6.07) is 3.14. The number of terminal acetylenes is 1. The monoisotopic (exact) mass is 656 g/mol. The van der Waals surface area contributed by atoms with Crippen LogP contribution < -0.4 is 15.2 Å². The van der Waals surface area contributed by atoms with Gasteiger partial charge in [0.05, 0.1) is 5.28 Å². The van der Waals surface area contributed by atoms with E-state index in [-0.39, 0.29) is 35.9 Å². The molecule has 254 valence electrons. The van der Waals surface area contributed by atoms with Gasteiger partial charge in [0.25, 0.3) is 17.7 Å². The first kappa shape index (κ1) is 41.4.